The summed E-state index contributed by atoms with van der Waals surface area (Å²) in [5, 5.41) is 3.76. The van der Waals surface area contributed by atoms with Crippen molar-refractivity contribution in [1.29, 1.82) is 0 Å². The second-order valence-corrected chi connectivity index (χ2v) is 11.9. The molecule has 198 valence electrons. The summed E-state index contributed by atoms with van der Waals surface area (Å²) < 4.78 is 26.3. The Morgan fingerprint density at radius 3 is 2.22 bits per heavy atom. The van der Waals surface area contributed by atoms with Crippen LogP contribution in [0.1, 0.15) is 39.2 Å². The number of hydrogen-bond donors (Lipinski definition) is 1. The highest BCUT2D eigenvalue weighted by atomic mass is 35.5. The molecule has 0 unspecified atom stereocenters. The van der Waals surface area contributed by atoms with Gasteiger partial charge in [-0.25, -0.2) is 8.42 Å². The monoisotopic (exact) mass is 595 g/mol. The molecule has 36 heavy (non-hydrogen) atoms. The number of nitrogens with one attached hydrogen (secondary N) is 1. The Morgan fingerprint density at radius 1 is 1.00 bits per heavy atom. The van der Waals surface area contributed by atoms with E-state index in [9.17, 15) is 18.0 Å². The number of anilines is 1. The van der Waals surface area contributed by atoms with Crippen molar-refractivity contribution in [1.82, 2.24) is 10.2 Å². The van der Waals surface area contributed by atoms with Gasteiger partial charge in [0.15, 0.2) is 0 Å². The maximum atomic E-state index is 13.7. The van der Waals surface area contributed by atoms with Gasteiger partial charge in [-0.2, -0.15) is 0 Å². The van der Waals surface area contributed by atoms with Crippen LogP contribution in [-0.4, -0.2) is 50.0 Å². The number of carbonyl (C=O) groups excluding carboxylic acids is 2. The van der Waals surface area contributed by atoms with Crippen molar-refractivity contribution >= 4 is 73.9 Å². The second-order valence-electron chi connectivity index (χ2n) is 8.34. The van der Waals surface area contributed by atoms with E-state index in [0.29, 0.717) is 22.0 Å². The van der Waals surface area contributed by atoms with Crippen LogP contribution in [0.15, 0.2) is 36.4 Å². The van der Waals surface area contributed by atoms with Crippen molar-refractivity contribution in [3.05, 3.63) is 62.1 Å². The number of nitrogens with zero attached hydrogens (tertiary/aromatic N) is 2. The van der Waals surface area contributed by atoms with E-state index in [1.807, 2.05) is 13.8 Å². The highest BCUT2D eigenvalue weighted by Crippen LogP contribution is 2.34. The number of hydrogen-bond acceptors (Lipinski definition) is 4. The van der Waals surface area contributed by atoms with Crippen molar-refractivity contribution in [3.63, 3.8) is 0 Å². The van der Waals surface area contributed by atoms with Crippen LogP contribution in [-0.2, 0) is 26.2 Å². The number of amides is 2. The van der Waals surface area contributed by atoms with Crippen LogP contribution in [0.4, 0.5) is 5.69 Å². The molecule has 0 saturated heterocycles. The minimum Gasteiger partial charge on any atom is -0.352 e. The first-order chi connectivity index (χ1) is 16.8. The zero-order valence-corrected chi connectivity index (χ0v) is 24.2. The summed E-state index contributed by atoms with van der Waals surface area (Å²) >= 11 is 24.8. The zero-order chi connectivity index (χ0) is 27.2. The first kappa shape index (κ1) is 30.5. The molecule has 0 spiro atoms. The average molecular weight is 597 g/mol. The van der Waals surface area contributed by atoms with Crippen LogP contribution < -0.4 is 9.62 Å². The molecule has 0 aliphatic carbocycles. The van der Waals surface area contributed by atoms with E-state index in [1.54, 1.807) is 19.1 Å². The van der Waals surface area contributed by atoms with Gasteiger partial charge in [0.05, 0.1) is 22.0 Å². The Kier molecular flexibility index (Phi) is 11.2. The zero-order valence-electron chi connectivity index (χ0n) is 20.4. The SMILES string of the molecule is CC[C@H](C)NC(=O)[C@H](CC)N(Cc1ccc(Cl)cc1Cl)C(=O)CN(c1cccc(Cl)c1Cl)S(C)(=O)=O. The van der Waals surface area contributed by atoms with E-state index in [-0.39, 0.29) is 40.6 Å². The maximum Gasteiger partial charge on any atom is 0.244 e. The molecule has 2 atom stereocenters. The van der Waals surface area contributed by atoms with Gasteiger partial charge in [0.2, 0.25) is 21.8 Å². The molecule has 0 aliphatic heterocycles. The minimum absolute atomic E-state index is 0.00811. The Morgan fingerprint density at radius 2 is 1.67 bits per heavy atom. The number of carbonyl (C=O) groups is 2. The standard InChI is InChI=1S/C24H29Cl4N3O4S/c1-5-15(3)29-24(33)20(6-2)30(13-16-10-11-17(25)12-19(16)27)22(32)14-31(36(4,34)35)21-9-7-8-18(26)23(21)28/h7-12,15,20H,5-6,13-14H2,1-4H3,(H,29,33)/t15-,20-/m0/s1. The minimum atomic E-state index is -3.95. The van der Waals surface area contributed by atoms with E-state index >= 15 is 0 Å². The summed E-state index contributed by atoms with van der Waals surface area (Å²) in [7, 11) is -3.95. The summed E-state index contributed by atoms with van der Waals surface area (Å²) in [6.45, 7) is 4.92. The summed E-state index contributed by atoms with van der Waals surface area (Å²) in [6.07, 6.45) is 1.95. The molecule has 0 aliphatic rings. The lowest BCUT2D eigenvalue weighted by Gasteiger charge is -2.33. The van der Waals surface area contributed by atoms with Gasteiger partial charge in [-0.15, -0.1) is 0 Å². The molecule has 0 bridgehead atoms. The lowest BCUT2D eigenvalue weighted by atomic mass is 10.1. The topological polar surface area (TPSA) is 86.8 Å². The fourth-order valence-electron chi connectivity index (χ4n) is 3.47. The van der Waals surface area contributed by atoms with Crippen LogP contribution >= 0.6 is 46.4 Å². The molecular formula is C24H29Cl4N3O4S. The average Bonchev–Trinajstić information content (AvgIpc) is 2.79. The van der Waals surface area contributed by atoms with Crippen LogP contribution in [0.3, 0.4) is 0 Å². The first-order valence-corrected chi connectivity index (χ1v) is 14.6. The fraction of sp³-hybridized carbons (Fsp3) is 0.417. The molecule has 1 N–H and O–H groups in total. The molecular weight excluding hydrogens is 568 g/mol. The van der Waals surface area contributed by atoms with Crippen LogP contribution in [0.5, 0.6) is 0 Å². The largest absolute Gasteiger partial charge is 0.352 e. The molecule has 2 amide bonds. The third-order valence-corrected chi connectivity index (χ3v) is 8.14. The van der Waals surface area contributed by atoms with Crippen LogP contribution in [0, 0.1) is 0 Å². The Hall–Kier alpha value is -1.71. The molecule has 2 aromatic carbocycles. The Labute approximate surface area is 232 Å². The van der Waals surface area contributed by atoms with Crippen molar-refractivity contribution < 1.29 is 18.0 Å². The van der Waals surface area contributed by atoms with Gasteiger partial charge < -0.3 is 10.2 Å². The Bertz CT molecular complexity index is 1210. The summed E-state index contributed by atoms with van der Waals surface area (Å²) in [5.41, 5.74) is 0.609. The number of rotatable bonds is 11. The normalized spacial score (nSPS) is 13.1. The lowest BCUT2D eigenvalue weighted by molar-refractivity contribution is -0.140. The molecule has 0 radical (unpaired) electrons. The summed E-state index contributed by atoms with van der Waals surface area (Å²) in [5.74, 6) is -0.967. The van der Waals surface area contributed by atoms with Gasteiger partial charge in [0, 0.05) is 22.6 Å². The van der Waals surface area contributed by atoms with Crippen molar-refractivity contribution in [2.45, 2.75) is 52.2 Å². The molecule has 7 nitrogen and oxygen atoms in total. The molecule has 0 saturated carbocycles. The number of benzene rings is 2. The second kappa shape index (κ2) is 13.2. The highest BCUT2D eigenvalue weighted by molar-refractivity contribution is 7.92. The number of sulfonamides is 1. The quantitative estimate of drug-likeness (QED) is 0.356. The van der Waals surface area contributed by atoms with Gasteiger partial charge in [0.25, 0.3) is 0 Å². The lowest BCUT2D eigenvalue weighted by Crippen LogP contribution is -2.53. The molecule has 0 aromatic heterocycles. The molecule has 2 aromatic rings. The third-order valence-electron chi connectivity index (χ3n) is 5.62. The van der Waals surface area contributed by atoms with Crippen LogP contribution in [0.25, 0.3) is 0 Å². The fourth-order valence-corrected chi connectivity index (χ4v) is 5.24. The summed E-state index contributed by atoms with van der Waals surface area (Å²) in [6, 6.07) is 8.33. The van der Waals surface area contributed by atoms with E-state index < -0.39 is 28.5 Å². The predicted molar refractivity (Wildman–Crippen MR) is 148 cm³/mol. The van der Waals surface area contributed by atoms with E-state index in [1.165, 1.54) is 29.2 Å². The molecule has 2 rings (SSSR count). The first-order valence-electron chi connectivity index (χ1n) is 11.3. The van der Waals surface area contributed by atoms with Crippen molar-refractivity contribution in [2.24, 2.45) is 0 Å². The van der Waals surface area contributed by atoms with E-state index in [2.05, 4.69) is 5.32 Å². The predicted octanol–water partition coefficient (Wildman–Crippen LogP) is 5.79. The van der Waals surface area contributed by atoms with Crippen LogP contribution in [0.2, 0.25) is 20.1 Å². The number of halogens is 4. The summed E-state index contributed by atoms with van der Waals surface area (Å²) in [4.78, 5) is 28.2. The van der Waals surface area contributed by atoms with E-state index in [4.69, 9.17) is 46.4 Å². The van der Waals surface area contributed by atoms with Gasteiger partial charge in [-0.05, 0) is 49.6 Å². The third kappa shape index (κ3) is 7.89. The highest BCUT2D eigenvalue weighted by Gasteiger charge is 2.33. The molecule has 12 heteroatoms. The van der Waals surface area contributed by atoms with Crippen molar-refractivity contribution in [2.75, 3.05) is 17.1 Å². The van der Waals surface area contributed by atoms with Gasteiger partial charge >= 0.3 is 0 Å². The molecule has 0 fully saturated rings. The molecule has 0 heterocycles. The smallest absolute Gasteiger partial charge is 0.244 e. The van der Waals surface area contributed by atoms with Crippen molar-refractivity contribution in [3.8, 4) is 0 Å². The maximum absolute atomic E-state index is 13.7. The Balaban J connectivity index is 2.52. The van der Waals surface area contributed by atoms with Gasteiger partial charge in [0.1, 0.15) is 12.6 Å². The van der Waals surface area contributed by atoms with Gasteiger partial charge in [-0.1, -0.05) is 72.4 Å². The van der Waals surface area contributed by atoms with E-state index in [0.717, 1.165) is 10.6 Å². The van der Waals surface area contributed by atoms with Gasteiger partial charge in [-0.3, -0.25) is 13.9 Å².